The maximum atomic E-state index is 10.6. The predicted molar refractivity (Wildman–Crippen MR) is 173 cm³/mol. The topological polar surface area (TPSA) is 51.1 Å². The second kappa shape index (κ2) is 8.60. The zero-order chi connectivity index (χ0) is 28.7. The highest BCUT2D eigenvalue weighted by molar-refractivity contribution is 6.24. The molecular formula is C38H20N4O. The lowest BCUT2D eigenvalue weighted by molar-refractivity contribution is 0.673. The van der Waals surface area contributed by atoms with Crippen LogP contribution in [0.15, 0.2) is 126 Å². The minimum absolute atomic E-state index is 0.469. The Bertz CT molecular complexity index is 2650. The molecule has 6 aromatic carbocycles. The number of rotatable bonds is 2. The molecule has 198 valence electrons. The van der Waals surface area contributed by atoms with Gasteiger partial charge in [0, 0.05) is 26.9 Å². The van der Waals surface area contributed by atoms with E-state index in [0.717, 1.165) is 65.6 Å². The van der Waals surface area contributed by atoms with Crippen molar-refractivity contribution in [3.05, 3.63) is 138 Å². The number of para-hydroxylation sites is 4. The number of aromatic nitrogens is 2. The van der Waals surface area contributed by atoms with Crippen LogP contribution in [0.4, 0.5) is 5.69 Å². The summed E-state index contributed by atoms with van der Waals surface area (Å²) in [6.07, 6.45) is 0. The highest BCUT2D eigenvalue weighted by Gasteiger charge is 2.22. The number of furan rings is 1. The molecule has 0 saturated carbocycles. The molecule has 5 heteroatoms. The lowest BCUT2D eigenvalue weighted by Gasteiger charge is -2.15. The molecule has 0 amide bonds. The van der Waals surface area contributed by atoms with Gasteiger partial charge in [-0.1, -0.05) is 72.8 Å². The van der Waals surface area contributed by atoms with E-state index in [-0.39, 0.29) is 0 Å². The zero-order valence-corrected chi connectivity index (χ0v) is 22.7. The van der Waals surface area contributed by atoms with Gasteiger partial charge in [0.1, 0.15) is 17.2 Å². The molecule has 0 aliphatic carbocycles. The van der Waals surface area contributed by atoms with Gasteiger partial charge in [0.25, 0.3) is 0 Å². The highest BCUT2D eigenvalue weighted by Crippen LogP contribution is 2.43. The fourth-order valence-corrected chi connectivity index (χ4v) is 6.79. The summed E-state index contributed by atoms with van der Waals surface area (Å²) in [6, 6.07) is 43.0. The number of fused-ring (bicyclic) bond motifs is 10. The van der Waals surface area contributed by atoms with E-state index in [2.05, 4.69) is 74.6 Å². The zero-order valence-electron chi connectivity index (χ0n) is 22.7. The van der Waals surface area contributed by atoms with E-state index in [1.54, 1.807) is 0 Å². The Kier molecular flexibility index (Phi) is 4.68. The maximum Gasteiger partial charge on any atom is 0.212 e. The van der Waals surface area contributed by atoms with Gasteiger partial charge in [-0.25, -0.2) is 4.85 Å². The second-order valence-electron chi connectivity index (χ2n) is 10.7. The van der Waals surface area contributed by atoms with Crippen molar-refractivity contribution >= 4 is 71.2 Å². The van der Waals surface area contributed by atoms with Gasteiger partial charge >= 0.3 is 0 Å². The van der Waals surface area contributed by atoms with E-state index in [9.17, 15) is 5.26 Å². The Balaban J connectivity index is 1.39. The first-order valence-corrected chi connectivity index (χ1v) is 14.0. The van der Waals surface area contributed by atoms with E-state index < -0.39 is 0 Å². The number of hydrogen-bond acceptors (Lipinski definition) is 2. The fourth-order valence-electron chi connectivity index (χ4n) is 6.79. The van der Waals surface area contributed by atoms with E-state index in [1.165, 1.54) is 0 Å². The van der Waals surface area contributed by atoms with E-state index in [0.29, 0.717) is 22.6 Å². The molecule has 0 radical (unpaired) electrons. The van der Waals surface area contributed by atoms with Crippen molar-refractivity contribution in [1.29, 1.82) is 5.26 Å². The number of nitriles is 1. The van der Waals surface area contributed by atoms with Gasteiger partial charge in [-0.3, -0.25) is 0 Å². The predicted octanol–water partition coefficient (Wildman–Crippen LogP) is 10.2. The van der Waals surface area contributed by atoms with Crippen LogP contribution < -0.4 is 0 Å². The molecule has 3 heterocycles. The van der Waals surface area contributed by atoms with Crippen LogP contribution >= 0.6 is 0 Å². The average molecular weight is 549 g/mol. The summed E-state index contributed by atoms with van der Waals surface area (Å²) in [5, 5.41) is 16.9. The van der Waals surface area contributed by atoms with Crippen LogP contribution in [0.25, 0.3) is 81.8 Å². The van der Waals surface area contributed by atoms with Crippen molar-refractivity contribution in [3.63, 3.8) is 0 Å². The van der Waals surface area contributed by atoms with Gasteiger partial charge in [0.15, 0.2) is 0 Å². The molecule has 0 N–H and O–H groups in total. The summed E-state index contributed by atoms with van der Waals surface area (Å²) in [5.74, 6) is 0. The van der Waals surface area contributed by atoms with Gasteiger partial charge in [0.05, 0.1) is 51.0 Å². The number of hydrogen-bond donors (Lipinski definition) is 0. The lowest BCUT2D eigenvalue weighted by Crippen LogP contribution is -2.01. The Hall–Kier alpha value is -6.30. The molecule has 43 heavy (non-hydrogen) atoms. The lowest BCUT2D eigenvalue weighted by atomic mass is 10.1. The van der Waals surface area contributed by atoms with Crippen LogP contribution in [0, 0.1) is 17.9 Å². The summed E-state index contributed by atoms with van der Waals surface area (Å²) in [4.78, 5) is 4.01. The Morgan fingerprint density at radius 2 is 1.16 bits per heavy atom. The first-order valence-electron chi connectivity index (χ1n) is 14.0. The molecule has 0 bridgehead atoms. The molecule has 0 aliphatic rings. The third-order valence-corrected chi connectivity index (χ3v) is 8.58. The molecule has 0 fully saturated rings. The maximum absolute atomic E-state index is 10.6. The first kappa shape index (κ1) is 23.4. The number of nitrogens with zero attached hydrogens (tertiary/aromatic N) is 4. The summed E-state index contributed by atoms with van der Waals surface area (Å²) in [5.41, 5.74) is 7.82. The third-order valence-electron chi connectivity index (χ3n) is 8.58. The van der Waals surface area contributed by atoms with Crippen LogP contribution in [0.2, 0.25) is 0 Å². The SMILES string of the molecule is [C-]#[N+]c1cc(-n2c3ccccc3c3c4oc5ccccc5c4ccc32)c(C#N)cc1-n1c2ccccc2c2ccccc21. The minimum Gasteiger partial charge on any atom is -0.455 e. The first-order chi connectivity index (χ1) is 21.3. The molecule has 0 spiro atoms. The third kappa shape index (κ3) is 3.08. The van der Waals surface area contributed by atoms with Crippen molar-refractivity contribution in [1.82, 2.24) is 9.13 Å². The molecule has 3 aromatic heterocycles. The summed E-state index contributed by atoms with van der Waals surface area (Å²) < 4.78 is 10.6. The average Bonchev–Trinajstić information content (AvgIpc) is 3.72. The molecular weight excluding hydrogens is 528 g/mol. The van der Waals surface area contributed by atoms with Crippen molar-refractivity contribution in [2.24, 2.45) is 0 Å². The molecule has 0 aliphatic heterocycles. The molecule has 0 saturated heterocycles. The molecule has 9 aromatic rings. The second-order valence-corrected chi connectivity index (χ2v) is 10.7. The monoisotopic (exact) mass is 548 g/mol. The van der Waals surface area contributed by atoms with Crippen molar-refractivity contribution in [2.45, 2.75) is 0 Å². The van der Waals surface area contributed by atoms with Gasteiger partial charge < -0.3 is 13.6 Å². The van der Waals surface area contributed by atoms with E-state index >= 15 is 0 Å². The van der Waals surface area contributed by atoms with Gasteiger partial charge in [-0.2, -0.15) is 5.26 Å². The van der Waals surface area contributed by atoms with E-state index in [1.807, 2.05) is 66.7 Å². The summed E-state index contributed by atoms with van der Waals surface area (Å²) >= 11 is 0. The smallest absolute Gasteiger partial charge is 0.212 e. The summed E-state index contributed by atoms with van der Waals surface area (Å²) in [6.45, 7) is 8.25. The van der Waals surface area contributed by atoms with Gasteiger partial charge in [-0.15, -0.1) is 0 Å². The minimum atomic E-state index is 0.469. The Morgan fingerprint density at radius 1 is 0.581 bits per heavy atom. The molecule has 9 rings (SSSR count). The van der Waals surface area contributed by atoms with Crippen LogP contribution in [-0.4, -0.2) is 9.13 Å². The van der Waals surface area contributed by atoms with E-state index in [4.69, 9.17) is 11.0 Å². The molecule has 0 unspecified atom stereocenters. The summed E-state index contributed by atoms with van der Waals surface area (Å²) in [7, 11) is 0. The largest absolute Gasteiger partial charge is 0.455 e. The Labute approximate surface area is 245 Å². The number of benzene rings is 6. The standard InChI is InChI=1S/C38H20N4O/c1-40-29-21-34(23(22-39)20-35(29)41-30-14-6-2-10-24(30)25-11-3-7-15-31(25)41)42-32-16-8-4-13-28(32)37-33(42)19-18-27-26-12-5-9-17-36(26)43-38(27)37/h2-21H. The van der Waals surface area contributed by atoms with Crippen molar-refractivity contribution in [3.8, 4) is 17.4 Å². The van der Waals surface area contributed by atoms with Gasteiger partial charge in [-0.05, 0) is 48.5 Å². The van der Waals surface area contributed by atoms with Crippen LogP contribution in [0.5, 0.6) is 0 Å². The normalized spacial score (nSPS) is 11.7. The molecule has 5 nitrogen and oxygen atoms in total. The fraction of sp³-hybridized carbons (Fsp3) is 0. The van der Waals surface area contributed by atoms with Crippen molar-refractivity contribution in [2.75, 3.05) is 0 Å². The van der Waals surface area contributed by atoms with Crippen molar-refractivity contribution < 1.29 is 4.42 Å². The van der Waals surface area contributed by atoms with Crippen LogP contribution in [0.3, 0.4) is 0 Å². The van der Waals surface area contributed by atoms with Gasteiger partial charge in [0.2, 0.25) is 5.69 Å². The van der Waals surface area contributed by atoms with Crippen LogP contribution in [-0.2, 0) is 0 Å². The quantitative estimate of drug-likeness (QED) is 0.202. The highest BCUT2D eigenvalue weighted by atomic mass is 16.3. The Morgan fingerprint density at radius 3 is 1.84 bits per heavy atom. The molecule has 0 atom stereocenters. The van der Waals surface area contributed by atoms with Crippen LogP contribution in [0.1, 0.15) is 5.56 Å².